The second-order valence-corrected chi connectivity index (χ2v) is 5.15. The summed E-state index contributed by atoms with van der Waals surface area (Å²) in [5, 5.41) is 0. The Morgan fingerprint density at radius 1 is 1.25 bits per heavy atom. The monoisotopic (exact) mass is 219 g/mol. The topological polar surface area (TPSA) is 3.24 Å². The van der Waals surface area contributed by atoms with Crippen molar-refractivity contribution in [2.24, 2.45) is 0 Å². The summed E-state index contributed by atoms with van der Waals surface area (Å²) in [6, 6.07) is 6.60. The van der Waals surface area contributed by atoms with Crippen molar-refractivity contribution in [1.29, 1.82) is 0 Å². The van der Waals surface area contributed by atoms with Gasteiger partial charge in [0.05, 0.1) is 0 Å². The lowest BCUT2D eigenvalue weighted by molar-refractivity contribution is 0.369. The lowest BCUT2D eigenvalue weighted by Crippen LogP contribution is -2.48. The molecule has 86 valence electrons. The van der Waals surface area contributed by atoms with E-state index in [0.29, 0.717) is 12.1 Å². The Morgan fingerprint density at radius 2 is 2.12 bits per heavy atom. The van der Waals surface area contributed by atoms with Crippen molar-refractivity contribution in [2.45, 2.75) is 51.1 Å². The van der Waals surface area contributed by atoms with E-state index < -0.39 is 0 Å². The highest BCUT2D eigenvalue weighted by Crippen LogP contribution is 2.38. The zero-order valence-electron chi connectivity index (χ0n) is 9.75. The molecule has 2 heterocycles. The number of anilines is 1. The molecule has 0 radical (unpaired) electrons. The summed E-state index contributed by atoms with van der Waals surface area (Å²) >= 11 is 0. The van der Waals surface area contributed by atoms with E-state index in [9.17, 15) is 4.39 Å². The Balaban J connectivity index is 2.02. The summed E-state index contributed by atoms with van der Waals surface area (Å²) in [4.78, 5) is 2.53. The second kappa shape index (κ2) is 3.76. The number of fused-ring (bicyclic) bond motifs is 3. The molecule has 1 fully saturated rings. The molecule has 3 rings (SSSR count). The molecule has 0 N–H and O–H groups in total. The van der Waals surface area contributed by atoms with Gasteiger partial charge in [-0.25, -0.2) is 4.39 Å². The SMILES string of the molecule is C[C@@H]1CCC[C@@H]2CCc3cc(F)ccc3N21. The number of piperidine rings is 1. The molecule has 0 spiro atoms. The minimum absolute atomic E-state index is 0.0955. The van der Waals surface area contributed by atoms with E-state index in [2.05, 4.69) is 11.8 Å². The molecule has 2 aliphatic rings. The predicted molar refractivity (Wildman–Crippen MR) is 64.3 cm³/mol. The molecule has 0 amide bonds. The number of rotatable bonds is 0. The molecule has 1 nitrogen and oxygen atoms in total. The highest BCUT2D eigenvalue weighted by Gasteiger charge is 2.32. The molecule has 0 unspecified atom stereocenters. The van der Waals surface area contributed by atoms with Gasteiger partial charge in [-0.15, -0.1) is 0 Å². The van der Waals surface area contributed by atoms with Gasteiger partial charge < -0.3 is 4.90 Å². The van der Waals surface area contributed by atoms with E-state index in [-0.39, 0.29) is 5.82 Å². The Kier molecular flexibility index (Phi) is 2.38. The number of nitrogens with zero attached hydrogens (tertiary/aromatic N) is 1. The minimum atomic E-state index is -0.0955. The van der Waals surface area contributed by atoms with Crippen LogP contribution in [0.25, 0.3) is 0 Å². The number of hydrogen-bond donors (Lipinski definition) is 0. The van der Waals surface area contributed by atoms with Crippen LogP contribution >= 0.6 is 0 Å². The third-order valence-corrected chi connectivity index (χ3v) is 4.09. The van der Waals surface area contributed by atoms with Crippen LogP contribution in [0.2, 0.25) is 0 Å². The van der Waals surface area contributed by atoms with Crippen molar-refractivity contribution >= 4 is 5.69 Å². The molecule has 0 aromatic heterocycles. The number of halogens is 1. The molecule has 2 atom stereocenters. The summed E-state index contributed by atoms with van der Waals surface area (Å²) in [5.74, 6) is -0.0955. The standard InChI is InChI=1S/C14H18FN/c1-10-3-2-4-13-7-5-11-9-12(15)6-8-14(11)16(10)13/h6,8-10,13H,2-5,7H2,1H3/t10-,13-/m1/s1. The van der Waals surface area contributed by atoms with Crippen LogP contribution in [0.1, 0.15) is 38.2 Å². The molecule has 2 heteroatoms. The molecule has 2 aliphatic heterocycles. The van der Waals surface area contributed by atoms with Crippen LogP contribution in [0.4, 0.5) is 10.1 Å². The van der Waals surface area contributed by atoms with Gasteiger partial charge in [0.25, 0.3) is 0 Å². The van der Waals surface area contributed by atoms with Crippen molar-refractivity contribution in [3.05, 3.63) is 29.6 Å². The number of benzene rings is 1. The van der Waals surface area contributed by atoms with Crippen molar-refractivity contribution in [1.82, 2.24) is 0 Å². The van der Waals surface area contributed by atoms with E-state index in [4.69, 9.17) is 0 Å². The predicted octanol–water partition coefficient (Wildman–Crippen LogP) is 3.52. The Bertz CT molecular complexity index is 402. The molecule has 16 heavy (non-hydrogen) atoms. The summed E-state index contributed by atoms with van der Waals surface area (Å²) in [6.07, 6.45) is 6.16. The van der Waals surface area contributed by atoms with E-state index in [1.54, 1.807) is 12.1 Å². The van der Waals surface area contributed by atoms with Crippen molar-refractivity contribution in [3.8, 4) is 0 Å². The van der Waals surface area contributed by atoms with Gasteiger partial charge in [0.15, 0.2) is 0 Å². The quantitative estimate of drug-likeness (QED) is 0.645. The highest BCUT2D eigenvalue weighted by molar-refractivity contribution is 5.57. The van der Waals surface area contributed by atoms with Crippen LogP contribution in [-0.4, -0.2) is 12.1 Å². The molecular weight excluding hydrogens is 201 g/mol. The second-order valence-electron chi connectivity index (χ2n) is 5.15. The first-order valence-electron chi connectivity index (χ1n) is 6.32. The van der Waals surface area contributed by atoms with Crippen LogP contribution in [0.5, 0.6) is 0 Å². The van der Waals surface area contributed by atoms with Crippen LogP contribution in [0.15, 0.2) is 18.2 Å². The van der Waals surface area contributed by atoms with Gasteiger partial charge in [-0.1, -0.05) is 0 Å². The zero-order chi connectivity index (χ0) is 11.1. The summed E-state index contributed by atoms with van der Waals surface area (Å²) in [7, 11) is 0. The van der Waals surface area contributed by atoms with Gasteiger partial charge in [-0.05, 0) is 62.8 Å². The molecule has 0 saturated carbocycles. The Hall–Kier alpha value is -1.05. The average molecular weight is 219 g/mol. The molecule has 0 aliphatic carbocycles. The fraction of sp³-hybridized carbons (Fsp3) is 0.571. The van der Waals surface area contributed by atoms with Gasteiger partial charge in [-0.2, -0.15) is 0 Å². The fourth-order valence-electron chi connectivity index (χ4n) is 3.33. The smallest absolute Gasteiger partial charge is 0.123 e. The Morgan fingerprint density at radius 3 is 3.00 bits per heavy atom. The van der Waals surface area contributed by atoms with Gasteiger partial charge in [0, 0.05) is 17.8 Å². The maximum atomic E-state index is 13.2. The van der Waals surface area contributed by atoms with Gasteiger partial charge in [0.2, 0.25) is 0 Å². The average Bonchev–Trinajstić information content (AvgIpc) is 2.29. The largest absolute Gasteiger partial charge is 0.366 e. The molecule has 1 saturated heterocycles. The maximum Gasteiger partial charge on any atom is 0.123 e. The summed E-state index contributed by atoms with van der Waals surface area (Å²) in [6.45, 7) is 2.30. The van der Waals surface area contributed by atoms with Crippen LogP contribution in [0, 0.1) is 5.82 Å². The van der Waals surface area contributed by atoms with Crippen LogP contribution in [0.3, 0.4) is 0 Å². The third kappa shape index (κ3) is 1.51. The first-order chi connectivity index (χ1) is 7.75. The van der Waals surface area contributed by atoms with E-state index in [1.165, 1.54) is 36.9 Å². The Labute approximate surface area is 96.3 Å². The maximum absolute atomic E-state index is 13.2. The molecule has 0 bridgehead atoms. The zero-order valence-corrected chi connectivity index (χ0v) is 9.75. The van der Waals surface area contributed by atoms with Gasteiger partial charge in [-0.3, -0.25) is 0 Å². The normalized spacial score (nSPS) is 28.5. The van der Waals surface area contributed by atoms with Crippen molar-refractivity contribution in [2.75, 3.05) is 4.90 Å². The fourth-order valence-corrected chi connectivity index (χ4v) is 3.33. The van der Waals surface area contributed by atoms with E-state index in [0.717, 1.165) is 6.42 Å². The van der Waals surface area contributed by atoms with E-state index in [1.807, 2.05) is 6.07 Å². The summed E-state index contributed by atoms with van der Waals surface area (Å²) < 4.78 is 13.2. The molecular formula is C14H18FN. The van der Waals surface area contributed by atoms with Crippen molar-refractivity contribution in [3.63, 3.8) is 0 Å². The van der Waals surface area contributed by atoms with Gasteiger partial charge >= 0.3 is 0 Å². The number of aryl methyl sites for hydroxylation is 1. The first kappa shape index (κ1) is 10.1. The van der Waals surface area contributed by atoms with Crippen LogP contribution < -0.4 is 4.90 Å². The lowest BCUT2D eigenvalue weighted by Gasteiger charge is -2.46. The third-order valence-electron chi connectivity index (χ3n) is 4.09. The van der Waals surface area contributed by atoms with Crippen molar-refractivity contribution < 1.29 is 4.39 Å². The minimum Gasteiger partial charge on any atom is -0.366 e. The molecule has 1 aromatic rings. The summed E-state index contributed by atoms with van der Waals surface area (Å²) in [5.41, 5.74) is 2.48. The van der Waals surface area contributed by atoms with Gasteiger partial charge in [0.1, 0.15) is 5.82 Å². The highest BCUT2D eigenvalue weighted by atomic mass is 19.1. The number of hydrogen-bond acceptors (Lipinski definition) is 1. The van der Waals surface area contributed by atoms with E-state index >= 15 is 0 Å². The van der Waals surface area contributed by atoms with Crippen LogP contribution in [-0.2, 0) is 6.42 Å². The first-order valence-corrected chi connectivity index (χ1v) is 6.32. The lowest BCUT2D eigenvalue weighted by atomic mass is 9.86. The molecule has 1 aromatic carbocycles.